The molecule has 0 saturated heterocycles. The Bertz CT molecular complexity index is 195. The fourth-order valence-electron chi connectivity index (χ4n) is 3.01. The fourth-order valence-corrected chi connectivity index (χ4v) is 3.01. The van der Waals surface area contributed by atoms with Crippen LogP contribution >= 0.6 is 0 Å². The molecule has 2 saturated carbocycles. The predicted octanol–water partition coefficient (Wildman–Crippen LogP) is 1.83. The van der Waals surface area contributed by atoms with Crippen molar-refractivity contribution in [3.8, 4) is 0 Å². The SMILES string of the molecule is C=C[C@@H]1[C@@H]2[C@H]1C(C)(C)C[C@H]2O. The lowest BCUT2D eigenvalue weighted by atomic mass is 9.85. The Labute approximate surface area is 68.1 Å². The van der Waals surface area contributed by atoms with E-state index in [1.54, 1.807) is 0 Å². The van der Waals surface area contributed by atoms with Gasteiger partial charge in [-0.1, -0.05) is 19.9 Å². The number of hydrogen-bond acceptors (Lipinski definition) is 1. The van der Waals surface area contributed by atoms with E-state index in [1.807, 2.05) is 6.08 Å². The summed E-state index contributed by atoms with van der Waals surface area (Å²) < 4.78 is 0. The van der Waals surface area contributed by atoms with E-state index >= 15 is 0 Å². The number of hydrogen-bond donors (Lipinski definition) is 1. The number of allylic oxidation sites excluding steroid dienone is 1. The minimum Gasteiger partial charge on any atom is -0.393 e. The molecule has 0 unspecified atom stereocenters. The first-order chi connectivity index (χ1) is 5.08. The molecule has 0 aromatic rings. The number of aliphatic hydroxyl groups is 1. The molecule has 0 spiro atoms. The van der Waals surface area contributed by atoms with Crippen molar-refractivity contribution < 1.29 is 5.11 Å². The minimum absolute atomic E-state index is 0.0574. The molecule has 2 fully saturated rings. The van der Waals surface area contributed by atoms with Gasteiger partial charge in [-0.25, -0.2) is 0 Å². The number of fused-ring (bicyclic) bond motifs is 1. The maximum absolute atomic E-state index is 9.63. The Kier molecular flexibility index (Phi) is 1.26. The maximum atomic E-state index is 9.63. The number of aliphatic hydroxyl groups excluding tert-OH is 1. The highest BCUT2D eigenvalue weighted by molar-refractivity contribution is 5.18. The lowest BCUT2D eigenvalue weighted by molar-refractivity contribution is 0.128. The molecule has 11 heavy (non-hydrogen) atoms. The second kappa shape index (κ2) is 1.89. The molecule has 0 amide bonds. The third-order valence-electron chi connectivity index (χ3n) is 3.49. The molecule has 1 N–H and O–H groups in total. The molecule has 0 heterocycles. The Morgan fingerprint density at radius 2 is 2.18 bits per heavy atom. The molecule has 2 rings (SSSR count). The summed E-state index contributed by atoms with van der Waals surface area (Å²) in [6.45, 7) is 8.30. The smallest absolute Gasteiger partial charge is 0.0582 e. The van der Waals surface area contributed by atoms with Gasteiger partial charge in [0.15, 0.2) is 0 Å². The van der Waals surface area contributed by atoms with E-state index in [-0.39, 0.29) is 6.10 Å². The van der Waals surface area contributed by atoms with Crippen LogP contribution < -0.4 is 0 Å². The highest BCUT2D eigenvalue weighted by Crippen LogP contribution is 2.66. The molecule has 0 radical (unpaired) electrons. The van der Waals surface area contributed by atoms with Crippen LogP contribution in [0.1, 0.15) is 20.3 Å². The fraction of sp³-hybridized carbons (Fsp3) is 0.800. The zero-order chi connectivity index (χ0) is 8.22. The summed E-state index contributed by atoms with van der Waals surface area (Å²) in [6, 6.07) is 0. The molecule has 62 valence electrons. The Morgan fingerprint density at radius 3 is 2.45 bits per heavy atom. The van der Waals surface area contributed by atoms with Crippen molar-refractivity contribution in [1.82, 2.24) is 0 Å². The Hall–Kier alpha value is -0.300. The average molecular weight is 152 g/mol. The molecule has 0 aromatic heterocycles. The van der Waals surface area contributed by atoms with Gasteiger partial charge in [-0.15, -0.1) is 6.58 Å². The molecule has 0 aliphatic heterocycles. The second-order valence-electron chi connectivity index (χ2n) is 4.68. The molecule has 1 heteroatoms. The summed E-state index contributed by atoms with van der Waals surface area (Å²) in [4.78, 5) is 0. The quantitative estimate of drug-likeness (QED) is 0.568. The molecule has 2 aliphatic carbocycles. The summed E-state index contributed by atoms with van der Waals surface area (Å²) in [6.07, 6.45) is 2.93. The van der Waals surface area contributed by atoms with E-state index in [2.05, 4.69) is 20.4 Å². The lowest BCUT2D eigenvalue weighted by Gasteiger charge is -2.22. The van der Waals surface area contributed by atoms with Gasteiger partial charge in [0.25, 0.3) is 0 Å². The topological polar surface area (TPSA) is 20.2 Å². The Balaban J connectivity index is 2.19. The van der Waals surface area contributed by atoms with Crippen molar-refractivity contribution in [2.45, 2.75) is 26.4 Å². The summed E-state index contributed by atoms with van der Waals surface area (Å²) in [5, 5.41) is 9.63. The average Bonchev–Trinajstić information content (AvgIpc) is 2.53. The van der Waals surface area contributed by atoms with Crippen LogP contribution in [0.2, 0.25) is 0 Å². The first-order valence-electron chi connectivity index (χ1n) is 4.38. The van der Waals surface area contributed by atoms with Crippen LogP contribution in [0.4, 0.5) is 0 Å². The van der Waals surface area contributed by atoms with Gasteiger partial charge in [0, 0.05) is 0 Å². The third-order valence-corrected chi connectivity index (χ3v) is 3.49. The minimum atomic E-state index is -0.0574. The van der Waals surface area contributed by atoms with Crippen LogP contribution in [0.15, 0.2) is 12.7 Å². The number of rotatable bonds is 1. The molecule has 0 aromatic carbocycles. The second-order valence-corrected chi connectivity index (χ2v) is 4.68. The van der Waals surface area contributed by atoms with Crippen molar-refractivity contribution in [3.63, 3.8) is 0 Å². The van der Waals surface area contributed by atoms with Gasteiger partial charge < -0.3 is 5.11 Å². The van der Waals surface area contributed by atoms with E-state index < -0.39 is 0 Å². The van der Waals surface area contributed by atoms with Gasteiger partial charge in [0.2, 0.25) is 0 Å². The zero-order valence-electron chi connectivity index (χ0n) is 7.25. The van der Waals surface area contributed by atoms with Crippen LogP contribution in [0.3, 0.4) is 0 Å². The van der Waals surface area contributed by atoms with Crippen LogP contribution in [0.5, 0.6) is 0 Å². The van der Waals surface area contributed by atoms with Gasteiger partial charge in [0.1, 0.15) is 0 Å². The zero-order valence-corrected chi connectivity index (χ0v) is 7.25. The van der Waals surface area contributed by atoms with Crippen LogP contribution in [0.25, 0.3) is 0 Å². The lowest BCUT2D eigenvalue weighted by Crippen LogP contribution is -2.17. The van der Waals surface area contributed by atoms with E-state index in [1.165, 1.54) is 0 Å². The molecule has 0 bridgehead atoms. The van der Waals surface area contributed by atoms with Crippen molar-refractivity contribution in [3.05, 3.63) is 12.7 Å². The van der Waals surface area contributed by atoms with Crippen molar-refractivity contribution in [2.75, 3.05) is 0 Å². The summed E-state index contributed by atoms with van der Waals surface area (Å²) >= 11 is 0. The first kappa shape index (κ1) is 7.35. The summed E-state index contributed by atoms with van der Waals surface area (Å²) in [7, 11) is 0. The van der Waals surface area contributed by atoms with Crippen LogP contribution in [-0.4, -0.2) is 11.2 Å². The summed E-state index contributed by atoms with van der Waals surface area (Å²) in [5.41, 5.74) is 0.350. The van der Waals surface area contributed by atoms with E-state index in [0.717, 1.165) is 12.3 Å². The van der Waals surface area contributed by atoms with Crippen LogP contribution in [0, 0.1) is 23.2 Å². The van der Waals surface area contributed by atoms with E-state index in [0.29, 0.717) is 17.3 Å². The standard InChI is InChI=1S/C10H16O/c1-4-6-8-7(11)5-10(2,3)9(6)8/h4,6-9,11H,1,5H2,2-3H3/t6-,7-,8+,9+/m1/s1. The van der Waals surface area contributed by atoms with Gasteiger partial charge in [0.05, 0.1) is 6.10 Å². The third kappa shape index (κ3) is 0.807. The van der Waals surface area contributed by atoms with Gasteiger partial charge in [-0.05, 0) is 29.6 Å². The highest BCUT2D eigenvalue weighted by atomic mass is 16.3. The predicted molar refractivity (Wildman–Crippen MR) is 45.1 cm³/mol. The maximum Gasteiger partial charge on any atom is 0.0582 e. The van der Waals surface area contributed by atoms with Crippen molar-refractivity contribution >= 4 is 0 Å². The molecular weight excluding hydrogens is 136 g/mol. The molecule has 2 aliphatic rings. The highest BCUT2D eigenvalue weighted by Gasteiger charge is 2.64. The summed E-state index contributed by atoms with van der Waals surface area (Å²) in [5.74, 6) is 1.87. The Morgan fingerprint density at radius 1 is 1.55 bits per heavy atom. The van der Waals surface area contributed by atoms with Gasteiger partial charge in [-0.3, -0.25) is 0 Å². The molecular formula is C10H16O. The van der Waals surface area contributed by atoms with Crippen molar-refractivity contribution in [1.29, 1.82) is 0 Å². The molecule has 1 nitrogen and oxygen atoms in total. The van der Waals surface area contributed by atoms with Crippen molar-refractivity contribution in [2.24, 2.45) is 23.2 Å². The van der Waals surface area contributed by atoms with E-state index in [9.17, 15) is 5.11 Å². The normalized spacial score (nSPS) is 51.9. The molecule has 4 atom stereocenters. The van der Waals surface area contributed by atoms with Crippen LogP contribution in [-0.2, 0) is 0 Å². The van der Waals surface area contributed by atoms with Gasteiger partial charge >= 0.3 is 0 Å². The first-order valence-corrected chi connectivity index (χ1v) is 4.38. The monoisotopic (exact) mass is 152 g/mol. The van der Waals surface area contributed by atoms with Gasteiger partial charge in [-0.2, -0.15) is 0 Å². The van der Waals surface area contributed by atoms with E-state index in [4.69, 9.17) is 0 Å². The largest absolute Gasteiger partial charge is 0.393 e.